The molecule has 1 N–H and O–H groups in total. The number of hydrogen-bond donors (Lipinski definition) is 1. The number of hydrogen-bond acceptors (Lipinski definition) is 4. The van der Waals surface area contributed by atoms with Crippen LogP contribution in [0.4, 0.5) is 4.79 Å². The number of sulfone groups is 1. The Morgan fingerprint density at radius 1 is 1.36 bits per heavy atom. The van der Waals surface area contributed by atoms with Gasteiger partial charge in [0.25, 0.3) is 0 Å². The molecule has 1 heterocycles. The summed E-state index contributed by atoms with van der Waals surface area (Å²) in [6.45, 7) is 0.824. The van der Waals surface area contributed by atoms with E-state index in [4.69, 9.17) is 4.74 Å². The minimum Gasteiger partial charge on any atom is -0.497 e. The number of nitrogens with one attached hydrogen (secondary N) is 1. The number of carbonyl (C=O) groups is 1. The van der Waals surface area contributed by atoms with E-state index >= 15 is 0 Å². The molecule has 1 aromatic carbocycles. The van der Waals surface area contributed by atoms with Gasteiger partial charge in [-0.15, -0.1) is 0 Å². The zero-order valence-corrected chi connectivity index (χ0v) is 13.7. The van der Waals surface area contributed by atoms with Crippen molar-refractivity contribution in [3.8, 4) is 5.75 Å². The number of ether oxygens (including phenoxy) is 1. The largest absolute Gasteiger partial charge is 0.497 e. The van der Waals surface area contributed by atoms with Gasteiger partial charge in [0.1, 0.15) is 15.6 Å². The highest BCUT2D eigenvalue weighted by molar-refractivity contribution is 7.90. The van der Waals surface area contributed by atoms with E-state index in [0.29, 0.717) is 6.54 Å². The second-order valence-electron chi connectivity index (χ2n) is 5.49. The lowest BCUT2D eigenvalue weighted by atomic mass is 10.0. The molecule has 0 aromatic heterocycles. The molecule has 1 atom stereocenters. The Kier molecular flexibility index (Phi) is 5.28. The van der Waals surface area contributed by atoms with Crippen molar-refractivity contribution in [1.82, 2.24) is 10.2 Å². The average molecular weight is 326 g/mol. The van der Waals surface area contributed by atoms with E-state index in [-0.39, 0.29) is 24.4 Å². The first-order valence-corrected chi connectivity index (χ1v) is 9.33. The van der Waals surface area contributed by atoms with Crippen molar-refractivity contribution in [2.24, 2.45) is 0 Å². The standard InChI is InChI=1S/C15H22N2O4S/c1-21-13-7-5-12(6-8-13)14-4-3-10-17(14)15(18)16-9-11-22(2,19)20/h5-8,14H,3-4,9-11H2,1-2H3,(H,16,18)/t14-/m1/s1. The van der Waals surface area contributed by atoms with Crippen molar-refractivity contribution in [3.63, 3.8) is 0 Å². The summed E-state index contributed by atoms with van der Waals surface area (Å²) < 4.78 is 27.3. The van der Waals surface area contributed by atoms with E-state index in [1.54, 1.807) is 12.0 Å². The van der Waals surface area contributed by atoms with Crippen LogP contribution in [0, 0.1) is 0 Å². The summed E-state index contributed by atoms with van der Waals surface area (Å²) >= 11 is 0. The van der Waals surface area contributed by atoms with Crippen LogP contribution in [0.15, 0.2) is 24.3 Å². The molecule has 1 aliphatic rings. The van der Waals surface area contributed by atoms with Crippen LogP contribution in [0.3, 0.4) is 0 Å². The third-order valence-electron chi connectivity index (χ3n) is 3.76. The number of carbonyl (C=O) groups excluding carboxylic acids is 1. The van der Waals surface area contributed by atoms with Crippen LogP contribution >= 0.6 is 0 Å². The van der Waals surface area contributed by atoms with Gasteiger partial charge in [-0.1, -0.05) is 12.1 Å². The molecular formula is C15H22N2O4S. The van der Waals surface area contributed by atoms with Crippen molar-refractivity contribution in [2.45, 2.75) is 18.9 Å². The van der Waals surface area contributed by atoms with Gasteiger partial charge in [0.05, 0.1) is 18.9 Å². The molecule has 2 amide bonds. The van der Waals surface area contributed by atoms with E-state index in [1.165, 1.54) is 0 Å². The van der Waals surface area contributed by atoms with Crippen molar-refractivity contribution in [2.75, 3.05) is 32.2 Å². The van der Waals surface area contributed by atoms with Gasteiger partial charge in [-0.3, -0.25) is 0 Å². The van der Waals surface area contributed by atoms with Gasteiger partial charge in [-0.05, 0) is 30.5 Å². The smallest absolute Gasteiger partial charge is 0.317 e. The van der Waals surface area contributed by atoms with Crippen LogP contribution in [0.25, 0.3) is 0 Å². The van der Waals surface area contributed by atoms with Gasteiger partial charge in [-0.2, -0.15) is 0 Å². The molecule has 0 aliphatic carbocycles. The first kappa shape index (κ1) is 16.6. The molecule has 1 aromatic rings. The number of likely N-dealkylation sites (tertiary alicyclic amines) is 1. The molecule has 0 radical (unpaired) electrons. The molecule has 1 fully saturated rings. The predicted molar refractivity (Wildman–Crippen MR) is 84.8 cm³/mol. The maximum atomic E-state index is 12.2. The number of amides is 2. The molecule has 0 spiro atoms. The fourth-order valence-corrected chi connectivity index (χ4v) is 3.10. The molecule has 122 valence electrons. The van der Waals surface area contributed by atoms with E-state index in [9.17, 15) is 13.2 Å². The van der Waals surface area contributed by atoms with Gasteiger partial charge < -0.3 is 15.0 Å². The van der Waals surface area contributed by atoms with Gasteiger partial charge in [0.15, 0.2) is 0 Å². The maximum absolute atomic E-state index is 12.2. The van der Waals surface area contributed by atoms with Gasteiger partial charge >= 0.3 is 6.03 Å². The van der Waals surface area contributed by atoms with Crippen molar-refractivity contribution in [1.29, 1.82) is 0 Å². The lowest BCUT2D eigenvalue weighted by Crippen LogP contribution is -2.41. The zero-order chi connectivity index (χ0) is 16.2. The fourth-order valence-electron chi connectivity index (χ4n) is 2.63. The SMILES string of the molecule is COc1ccc([C@H]2CCCN2C(=O)NCCS(C)(=O)=O)cc1. The zero-order valence-electron chi connectivity index (χ0n) is 12.9. The van der Waals surface area contributed by atoms with E-state index in [2.05, 4.69) is 5.32 Å². The molecule has 0 bridgehead atoms. The molecule has 0 unspecified atom stereocenters. The first-order chi connectivity index (χ1) is 10.4. The Morgan fingerprint density at radius 3 is 2.64 bits per heavy atom. The Hall–Kier alpha value is -1.76. The highest BCUT2D eigenvalue weighted by Crippen LogP contribution is 2.32. The highest BCUT2D eigenvalue weighted by Gasteiger charge is 2.29. The molecular weight excluding hydrogens is 304 g/mol. The number of urea groups is 1. The molecule has 0 saturated carbocycles. The van der Waals surface area contributed by atoms with Crippen molar-refractivity contribution < 1.29 is 17.9 Å². The maximum Gasteiger partial charge on any atom is 0.317 e. The average Bonchev–Trinajstić information content (AvgIpc) is 2.95. The Bertz CT molecular complexity index is 613. The van der Waals surface area contributed by atoms with E-state index < -0.39 is 9.84 Å². The normalized spacial score (nSPS) is 18.3. The van der Waals surface area contributed by atoms with Gasteiger partial charge in [0, 0.05) is 19.3 Å². The summed E-state index contributed by atoms with van der Waals surface area (Å²) in [5, 5.41) is 2.69. The second kappa shape index (κ2) is 7.00. The lowest BCUT2D eigenvalue weighted by molar-refractivity contribution is 0.193. The molecule has 7 heteroatoms. The summed E-state index contributed by atoms with van der Waals surface area (Å²) in [5.41, 5.74) is 1.07. The Morgan fingerprint density at radius 2 is 2.05 bits per heavy atom. The lowest BCUT2D eigenvalue weighted by Gasteiger charge is -2.25. The molecule has 6 nitrogen and oxygen atoms in total. The summed E-state index contributed by atoms with van der Waals surface area (Å²) in [7, 11) is -1.45. The number of nitrogens with zero attached hydrogens (tertiary/aromatic N) is 1. The number of methoxy groups -OCH3 is 1. The molecule has 2 rings (SSSR count). The van der Waals surface area contributed by atoms with Crippen LogP contribution in [0.5, 0.6) is 5.75 Å². The number of rotatable bonds is 5. The van der Waals surface area contributed by atoms with E-state index in [1.807, 2.05) is 24.3 Å². The van der Waals surface area contributed by atoms with Crippen LogP contribution < -0.4 is 10.1 Å². The minimum atomic E-state index is -3.06. The van der Waals surface area contributed by atoms with Crippen molar-refractivity contribution >= 4 is 15.9 Å². The molecule has 1 aliphatic heterocycles. The third kappa shape index (κ3) is 4.37. The summed E-state index contributed by atoms with van der Waals surface area (Å²) in [6.07, 6.45) is 3.01. The third-order valence-corrected chi connectivity index (χ3v) is 4.71. The number of benzene rings is 1. The van der Waals surface area contributed by atoms with Crippen LogP contribution in [0.1, 0.15) is 24.4 Å². The summed E-state index contributed by atoms with van der Waals surface area (Å²) in [5.74, 6) is 0.741. The van der Waals surface area contributed by atoms with Gasteiger partial charge in [0.2, 0.25) is 0 Å². The predicted octanol–water partition coefficient (Wildman–Crippen LogP) is 1.59. The molecule has 1 saturated heterocycles. The first-order valence-electron chi connectivity index (χ1n) is 7.27. The molecule has 22 heavy (non-hydrogen) atoms. The van der Waals surface area contributed by atoms with Crippen LogP contribution in [-0.2, 0) is 9.84 Å². The minimum absolute atomic E-state index is 0.0316. The Labute approximate surface area is 131 Å². The van der Waals surface area contributed by atoms with Gasteiger partial charge in [-0.25, -0.2) is 13.2 Å². The van der Waals surface area contributed by atoms with Crippen LogP contribution in [0.2, 0.25) is 0 Å². The second-order valence-corrected chi connectivity index (χ2v) is 7.75. The van der Waals surface area contributed by atoms with Crippen molar-refractivity contribution in [3.05, 3.63) is 29.8 Å². The van der Waals surface area contributed by atoms with Crippen LogP contribution in [-0.4, -0.2) is 51.6 Å². The van der Waals surface area contributed by atoms with E-state index in [0.717, 1.165) is 30.4 Å². The quantitative estimate of drug-likeness (QED) is 0.891. The summed E-state index contributed by atoms with van der Waals surface area (Å²) in [6, 6.07) is 7.52. The topological polar surface area (TPSA) is 75.7 Å². The highest BCUT2D eigenvalue weighted by atomic mass is 32.2. The monoisotopic (exact) mass is 326 g/mol. The fraction of sp³-hybridized carbons (Fsp3) is 0.533. The summed E-state index contributed by atoms with van der Waals surface area (Å²) in [4.78, 5) is 14.0. The Balaban J connectivity index is 1.98.